The van der Waals surface area contributed by atoms with Crippen molar-refractivity contribution in [1.82, 2.24) is 9.78 Å². The Labute approximate surface area is 126 Å². The van der Waals surface area contributed by atoms with Gasteiger partial charge in [-0.2, -0.15) is 10.4 Å². The molecule has 1 aromatic heterocycles. The first kappa shape index (κ1) is 14.9. The minimum absolute atomic E-state index is 0.0370. The van der Waals surface area contributed by atoms with Crippen molar-refractivity contribution in [2.45, 2.75) is 11.8 Å². The highest BCUT2D eigenvalue weighted by atomic mass is 32.2. The number of esters is 1. The third-order valence-electron chi connectivity index (χ3n) is 2.78. The molecule has 2 N–H and O–H groups in total. The van der Waals surface area contributed by atoms with E-state index >= 15 is 0 Å². The van der Waals surface area contributed by atoms with Crippen LogP contribution < -0.4 is 5.73 Å². The molecule has 0 fully saturated rings. The van der Waals surface area contributed by atoms with Crippen LogP contribution in [-0.2, 0) is 4.74 Å². The van der Waals surface area contributed by atoms with Crippen molar-refractivity contribution in [3.05, 3.63) is 35.7 Å². The molecule has 0 aliphatic carbocycles. The Morgan fingerprint density at radius 2 is 2.33 bits per heavy atom. The van der Waals surface area contributed by atoms with Crippen LogP contribution in [0.4, 0.5) is 5.69 Å². The zero-order valence-electron chi connectivity index (χ0n) is 11.7. The normalized spacial score (nSPS) is 10.1. The zero-order chi connectivity index (χ0) is 15.4. The first-order chi connectivity index (χ1) is 10.1. The Morgan fingerprint density at radius 1 is 1.57 bits per heavy atom. The molecule has 21 heavy (non-hydrogen) atoms. The second-order valence-corrected chi connectivity index (χ2v) is 5.37. The summed E-state index contributed by atoms with van der Waals surface area (Å²) >= 11 is 1.57. The fourth-order valence-corrected chi connectivity index (χ4v) is 2.64. The van der Waals surface area contributed by atoms with Gasteiger partial charge in [-0.25, -0.2) is 9.48 Å². The van der Waals surface area contributed by atoms with Crippen LogP contribution in [0.25, 0.3) is 5.69 Å². The predicted molar refractivity (Wildman–Crippen MR) is 80.4 cm³/mol. The topological polar surface area (TPSA) is 93.9 Å². The van der Waals surface area contributed by atoms with Gasteiger partial charge in [-0.15, -0.1) is 11.8 Å². The molecule has 1 aromatic carbocycles. The first-order valence-corrected chi connectivity index (χ1v) is 7.20. The van der Waals surface area contributed by atoms with Gasteiger partial charge in [0.05, 0.1) is 30.2 Å². The van der Waals surface area contributed by atoms with Crippen LogP contribution in [0.5, 0.6) is 0 Å². The third-order valence-corrected chi connectivity index (χ3v) is 3.72. The molecule has 0 atom stereocenters. The smallest absolute Gasteiger partial charge is 0.360 e. The van der Waals surface area contributed by atoms with E-state index in [9.17, 15) is 10.1 Å². The number of nitrogens with two attached hydrogens (primary N) is 1. The number of nitrogen functional groups attached to an aromatic ring is 1. The van der Waals surface area contributed by atoms with Gasteiger partial charge in [-0.3, -0.25) is 0 Å². The van der Waals surface area contributed by atoms with E-state index in [0.29, 0.717) is 11.3 Å². The number of carbonyl (C=O) groups excluding carboxylic acids is 1. The zero-order valence-corrected chi connectivity index (χ0v) is 12.5. The molecule has 2 rings (SSSR count). The van der Waals surface area contributed by atoms with Gasteiger partial charge >= 0.3 is 5.97 Å². The number of nitriles is 1. The summed E-state index contributed by atoms with van der Waals surface area (Å²) in [5.74, 6) is 0.246. The number of ether oxygens (including phenoxy) is 1. The lowest BCUT2D eigenvalue weighted by Gasteiger charge is -2.08. The number of anilines is 1. The Bertz CT molecular complexity index is 718. The molecule has 0 spiro atoms. The number of hydrogen-bond donors (Lipinski definition) is 1. The summed E-state index contributed by atoms with van der Waals surface area (Å²) < 4.78 is 6.05. The molecule has 0 aliphatic rings. The van der Waals surface area contributed by atoms with E-state index in [2.05, 4.69) is 15.9 Å². The molecule has 0 radical (unpaired) electrons. The minimum atomic E-state index is -0.608. The van der Waals surface area contributed by atoms with Gasteiger partial charge < -0.3 is 10.5 Å². The third kappa shape index (κ3) is 2.85. The first-order valence-electron chi connectivity index (χ1n) is 6.22. The number of thioether (sulfide) groups is 1. The second-order valence-electron chi connectivity index (χ2n) is 4.06. The summed E-state index contributed by atoms with van der Waals surface area (Å²) in [7, 11) is 1.26. The molecule has 0 saturated heterocycles. The monoisotopic (exact) mass is 302 g/mol. The van der Waals surface area contributed by atoms with Crippen molar-refractivity contribution in [3.63, 3.8) is 0 Å². The lowest BCUT2D eigenvalue weighted by atomic mass is 10.2. The van der Waals surface area contributed by atoms with Crippen LogP contribution in [0, 0.1) is 11.3 Å². The van der Waals surface area contributed by atoms with Crippen molar-refractivity contribution in [1.29, 1.82) is 5.26 Å². The Morgan fingerprint density at radius 3 is 2.95 bits per heavy atom. The molecule has 0 amide bonds. The quantitative estimate of drug-likeness (QED) is 0.687. The van der Waals surface area contributed by atoms with Gasteiger partial charge in [0, 0.05) is 4.90 Å². The molecular formula is C14H14N4O2S. The summed E-state index contributed by atoms with van der Waals surface area (Å²) in [6, 6.07) is 7.65. The maximum Gasteiger partial charge on any atom is 0.360 e. The van der Waals surface area contributed by atoms with E-state index in [-0.39, 0.29) is 11.4 Å². The molecule has 0 aliphatic heterocycles. The number of hydrogen-bond acceptors (Lipinski definition) is 6. The lowest BCUT2D eigenvalue weighted by Crippen LogP contribution is -2.06. The van der Waals surface area contributed by atoms with E-state index in [0.717, 1.165) is 10.6 Å². The second kappa shape index (κ2) is 6.33. The summed E-state index contributed by atoms with van der Waals surface area (Å²) in [5.41, 5.74) is 7.10. The Hall–Kier alpha value is -2.46. The maximum atomic E-state index is 11.6. The van der Waals surface area contributed by atoms with E-state index < -0.39 is 5.97 Å². The van der Waals surface area contributed by atoms with E-state index in [4.69, 9.17) is 5.73 Å². The molecule has 0 unspecified atom stereocenters. The van der Waals surface area contributed by atoms with Gasteiger partial charge in [0.2, 0.25) is 0 Å². The fourth-order valence-electron chi connectivity index (χ4n) is 1.86. The van der Waals surface area contributed by atoms with E-state index in [1.807, 2.05) is 19.1 Å². The van der Waals surface area contributed by atoms with Crippen molar-refractivity contribution >= 4 is 23.4 Å². The van der Waals surface area contributed by atoms with Crippen LogP contribution >= 0.6 is 11.8 Å². The largest absolute Gasteiger partial charge is 0.464 e. The molecule has 7 heteroatoms. The summed E-state index contributed by atoms with van der Waals surface area (Å²) in [6.07, 6.45) is 1.50. The standard InChI is InChI=1S/C14H14N4O2S/c1-3-21-12-6-4-5-11(9(12)7-15)18-8-10(16)13(17-18)14(19)20-2/h4-6,8H,3,16H2,1-2H3. The Kier molecular flexibility index (Phi) is 4.50. The number of benzene rings is 1. The fraction of sp³-hybridized carbons (Fsp3) is 0.214. The van der Waals surface area contributed by atoms with Crippen LogP contribution in [0.2, 0.25) is 0 Å². The molecule has 1 heterocycles. The molecule has 6 nitrogen and oxygen atoms in total. The average molecular weight is 302 g/mol. The molecule has 0 bridgehead atoms. The maximum absolute atomic E-state index is 11.6. The number of aromatic nitrogens is 2. The van der Waals surface area contributed by atoms with Gasteiger partial charge in [-0.1, -0.05) is 13.0 Å². The predicted octanol–water partition coefficient (Wildman–Crippen LogP) is 2.22. The van der Waals surface area contributed by atoms with Gasteiger partial charge in [0.25, 0.3) is 0 Å². The van der Waals surface area contributed by atoms with Crippen molar-refractivity contribution in [2.24, 2.45) is 0 Å². The van der Waals surface area contributed by atoms with Crippen LogP contribution in [0.1, 0.15) is 23.0 Å². The number of carbonyl (C=O) groups is 1. The minimum Gasteiger partial charge on any atom is -0.464 e. The Balaban J connectivity index is 2.55. The van der Waals surface area contributed by atoms with Gasteiger partial charge in [-0.05, 0) is 17.9 Å². The highest BCUT2D eigenvalue weighted by Gasteiger charge is 2.18. The number of methoxy groups -OCH3 is 1. The highest BCUT2D eigenvalue weighted by molar-refractivity contribution is 7.99. The van der Waals surface area contributed by atoms with Crippen LogP contribution in [-0.4, -0.2) is 28.6 Å². The van der Waals surface area contributed by atoms with E-state index in [1.54, 1.807) is 17.8 Å². The summed E-state index contributed by atoms with van der Waals surface area (Å²) in [4.78, 5) is 12.4. The lowest BCUT2D eigenvalue weighted by molar-refractivity contribution is 0.0594. The van der Waals surface area contributed by atoms with Crippen LogP contribution in [0.3, 0.4) is 0 Å². The molecule has 2 aromatic rings. The van der Waals surface area contributed by atoms with Crippen LogP contribution in [0.15, 0.2) is 29.3 Å². The van der Waals surface area contributed by atoms with E-state index in [1.165, 1.54) is 18.0 Å². The molecule has 0 saturated carbocycles. The SMILES string of the molecule is CCSc1cccc(-n2cc(N)c(C(=O)OC)n2)c1C#N. The molecule has 108 valence electrons. The average Bonchev–Trinajstić information content (AvgIpc) is 2.88. The number of rotatable bonds is 4. The van der Waals surface area contributed by atoms with Gasteiger partial charge in [0.15, 0.2) is 5.69 Å². The highest BCUT2D eigenvalue weighted by Crippen LogP contribution is 2.27. The molecular weight excluding hydrogens is 288 g/mol. The number of nitrogens with zero attached hydrogens (tertiary/aromatic N) is 3. The van der Waals surface area contributed by atoms with Crippen molar-refractivity contribution in [3.8, 4) is 11.8 Å². The summed E-state index contributed by atoms with van der Waals surface area (Å²) in [6.45, 7) is 2.01. The van der Waals surface area contributed by atoms with Crippen molar-refractivity contribution < 1.29 is 9.53 Å². The van der Waals surface area contributed by atoms with Gasteiger partial charge in [0.1, 0.15) is 6.07 Å². The summed E-state index contributed by atoms with van der Waals surface area (Å²) in [5, 5.41) is 13.5. The van der Waals surface area contributed by atoms with Crippen molar-refractivity contribution in [2.75, 3.05) is 18.6 Å².